The second-order valence-corrected chi connectivity index (χ2v) is 6.48. The highest BCUT2D eigenvalue weighted by Crippen LogP contribution is 2.24. The molecule has 1 fully saturated rings. The molecule has 2 aliphatic heterocycles. The van der Waals surface area contributed by atoms with Crippen LogP contribution in [0.25, 0.3) is 6.08 Å². The van der Waals surface area contributed by atoms with Crippen molar-refractivity contribution >= 4 is 29.5 Å². The van der Waals surface area contributed by atoms with Gasteiger partial charge in [0.05, 0.1) is 0 Å². The standard InChI is InChI=1S/C21H16F2N2O4/c22-21(23)28-16-9-3-13(4-10-16)12-17-20(27)29-19(24-17)14-5-7-15(8-6-14)25-11-1-2-18(25)26/h3-10,12,21H,1-2,11H2. The molecule has 0 bridgehead atoms. The topological polar surface area (TPSA) is 68.2 Å². The van der Waals surface area contributed by atoms with Crippen LogP contribution < -0.4 is 9.64 Å². The van der Waals surface area contributed by atoms with E-state index in [0.717, 1.165) is 12.1 Å². The number of benzene rings is 2. The van der Waals surface area contributed by atoms with Gasteiger partial charge in [-0.05, 0) is 54.5 Å². The summed E-state index contributed by atoms with van der Waals surface area (Å²) in [6, 6.07) is 12.9. The Kier molecular flexibility index (Phi) is 5.07. The number of halogens is 2. The second kappa shape index (κ2) is 7.83. The number of aliphatic imine (C=N–C) groups is 1. The molecule has 6 nitrogen and oxygen atoms in total. The Morgan fingerprint density at radius 3 is 2.41 bits per heavy atom. The van der Waals surface area contributed by atoms with Crippen molar-refractivity contribution in [1.82, 2.24) is 0 Å². The maximum absolute atomic E-state index is 12.2. The van der Waals surface area contributed by atoms with Crippen molar-refractivity contribution in [3.8, 4) is 5.75 Å². The lowest BCUT2D eigenvalue weighted by Gasteiger charge is -2.15. The number of nitrogens with zero attached hydrogens (tertiary/aromatic N) is 2. The molecule has 2 aliphatic rings. The highest BCUT2D eigenvalue weighted by Gasteiger charge is 2.25. The molecule has 1 saturated heterocycles. The Morgan fingerprint density at radius 1 is 1.07 bits per heavy atom. The highest BCUT2D eigenvalue weighted by atomic mass is 19.3. The predicted octanol–water partition coefficient (Wildman–Crippen LogP) is 3.76. The maximum atomic E-state index is 12.2. The van der Waals surface area contributed by atoms with E-state index in [1.807, 2.05) is 0 Å². The summed E-state index contributed by atoms with van der Waals surface area (Å²) in [6.07, 6.45) is 2.89. The van der Waals surface area contributed by atoms with Crippen LogP contribution >= 0.6 is 0 Å². The highest BCUT2D eigenvalue weighted by molar-refractivity contribution is 6.13. The van der Waals surface area contributed by atoms with Crippen molar-refractivity contribution in [3.05, 3.63) is 65.4 Å². The number of rotatable bonds is 5. The van der Waals surface area contributed by atoms with Crippen LogP contribution in [0.3, 0.4) is 0 Å². The summed E-state index contributed by atoms with van der Waals surface area (Å²) in [5, 5.41) is 0. The average Bonchev–Trinajstić information content (AvgIpc) is 3.29. The third-order valence-corrected chi connectivity index (χ3v) is 4.53. The van der Waals surface area contributed by atoms with Crippen LogP contribution in [-0.4, -0.2) is 30.9 Å². The minimum absolute atomic E-state index is 0.0249. The van der Waals surface area contributed by atoms with Crippen molar-refractivity contribution in [1.29, 1.82) is 0 Å². The molecular formula is C21H16F2N2O4. The van der Waals surface area contributed by atoms with Crippen LogP contribution in [0.4, 0.5) is 14.5 Å². The number of esters is 1. The first kappa shape index (κ1) is 18.8. The van der Waals surface area contributed by atoms with Gasteiger partial charge in [0.15, 0.2) is 5.70 Å². The zero-order chi connectivity index (χ0) is 20.4. The smallest absolute Gasteiger partial charge is 0.387 e. The Balaban J connectivity index is 1.51. The third kappa shape index (κ3) is 4.16. The molecule has 0 radical (unpaired) electrons. The minimum Gasteiger partial charge on any atom is -0.435 e. The molecule has 0 saturated carbocycles. The summed E-state index contributed by atoms with van der Waals surface area (Å²) in [5.74, 6) is -0.320. The first-order valence-electron chi connectivity index (χ1n) is 8.98. The van der Waals surface area contributed by atoms with E-state index in [2.05, 4.69) is 9.73 Å². The Bertz CT molecular complexity index is 998. The molecular weight excluding hydrogens is 382 g/mol. The van der Waals surface area contributed by atoms with Gasteiger partial charge in [-0.3, -0.25) is 4.79 Å². The van der Waals surface area contributed by atoms with Crippen molar-refractivity contribution in [3.63, 3.8) is 0 Å². The lowest BCUT2D eigenvalue weighted by Crippen LogP contribution is -2.23. The first-order valence-corrected chi connectivity index (χ1v) is 8.98. The first-order chi connectivity index (χ1) is 14.0. The van der Waals surface area contributed by atoms with Crippen molar-refractivity contribution < 1.29 is 27.8 Å². The van der Waals surface area contributed by atoms with Crippen molar-refractivity contribution in [2.75, 3.05) is 11.4 Å². The average molecular weight is 398 g/mol. The van der Waals surface area contributed by atoms with E-state index in [1.165, 1.54) is 30.3 Å². The summed E-state index contributed by atoms with van der Waals surface area (Å²) in [7, 11) is 0. The molecule has 29 heavy (non-hydrogen) atoms. The molecule has 0 N–H and O–H groups in total. The number of anilines is 1. The van der Waals surface area contributed by atoms with Crippen LogP contribution in [0.15, 0.2) is 59.2 Å². The van der Waals surface area contributed by atoms with Gasteiger partial charge in [0.2, 0.25) is 11.8 Å². The summed E-state index contributed by atoms with van der Waals surface area (Å²) in [5.41, 5.74) is 2.09. The van der Waals surface area contributed by atoms with Crippen LogP contribution in [0.2, 0.25) is 0 Å². The van der Waals surface area contributed by atoms with Crippen molar-refractivity contribution in [2.45, 2.75) is 19.5 Å². The molecule has 2 aromatic rings. The Hall–Kier alpha value is -3.55. The van der Waals surface area contributed by atoms with Gasteiger partial charge in [0.25, 0.3) is 0 Å². The number of carbonyl (C=O) groups is 2. The molecule has 0 aliphatic carbocycles. The molecule has 2 heterocycles. The molecule has 0 unspecified atom stereocenters. The second-order valence-electron chi connectivity index (χ2n) is 6.48. The summed E-state index contributed by atoms with van der Waals surface area (Å²) in [4.78, 5) is 29.9. The van der Waals surface area contributed by atoms with Gasteiger partial charge in [0, 0.05) is 24.2 Å². The van der Waals surface area contributed by atoms with Gasteiger partial charge in [-0.2, -0.15) is 8.78 Å². The molecule has 2 aromatic carbocycles. The molecule has 0 atom stereocenters. The molecule has 0 spiro atoms. The van der Waals surface area contributed by atoms with E-state index in [4.69, 9.17) is 4.74 Å². The number of ether oxygens (including phenoxy) is 2. The van der Waals surface area contributed by atoms with E-state index in [1.54, 1.807) is 29.2 Å². The number of amides is 1. The van der Waals surface area contributed by atoms with E-state index in [-0.39, 0.29) is 23.3 Å². The molecule has 148 valence electrons. The lowest BCUT2D eigenvalue weighted by molar-refractivity contribution is -0.130. The van der Waals surface area contributed by atoms with Crippen LogP contribution in [0.1, 0.15) is 24.0 Å². The van der Waals surface area contributed by atoms with Gasteiger partial charge in [-0.1, -0.05) is 12.1 Å². The van der Waals surface area contributed by atoms with Crippen molar-refractivity contribution in [2.24, 2.45) is 4.99 Å². The Labute approximate surface area is 165 Å². The normalized spacial score (nSPS) is 17.8. The number of hydrogen-bond donors (Lipinski definition) is 0. The largest absolute Gasteiger partial charge is 0.435 e. The summed E-state index contributed by atoms with van der Waals surface area (Å²) >= 11 is 0. The monoisotopic (exact) mass is 398 g/mol. The van der Waals surface area contributed by atoms with E-state index in [0.29, 0.717) is 24.1 Å². The van der Waals surface area contributed by atoms with Crippen LogP contribution in [0, 0.1) is 0 Å². The van der Waals surface area contributed by atoms with Gasteiger partial charge < -0.3 is 14.4 Å². The fraction of sp³-hybridized carbons (Fsp3) is 0.190. The Morgan fingerprint density at radius 2 is 1.79 bits per heavy atom. The zero-order valence-electron chi connectivity index (χ0n) is 15.2. The maximum Gasteiger partial charge on any atom is 0.387 e. The lowest BCUT2D eigenvalue weighted by atomic mass is 10.2. The van der Waals surface area contributed by atoms with Gasteiger partial charge in [-0.15, -0.1) is 0 Å². The van der Waals surface area contributed by atoms with E-state index >= 15 is 0 Å². The number of cyclic esters (lactones) is 1. The minimum atomic E-state index is -2.90. The number of carbonyl (C=O) groups excluding carboxylic acids is 2. The third-order valence-electron chi connectivity index (χ3n) is 4.53. The van der Waals surface area contributed by atoms with E-state index < -0.39 is 12.6 Å². The number of hydrogen-bond acceptors (Lipinski definition) is 5. The quantitative estimate of drug-likeness (QED) is 0.568. The zero-order valence-corrected chi connectivity index (χ0v) is 15.2. The fourth-order valence-corrected chi connectivity index (χ4v) is 3.14. The molecule has 4 rings (SSSR count). The molecule has 0 aromatic heterocycles. The SMILES string of the molecule is O=C1OC(c2ccc(N3CCCC3=O)cc2)=NC1=Cc1ccc(OC(F)F)cc1. The van der Waals surface area contributed by atoms with Crippen LogP contribution in [0.5, 0.6) is 5.75 Å². The molecule has 8 heteroatoms. The van der Waals surface area contributed by atoms with E-state index in [9.17, 15) is 18.4 Å². The van der Waals surface area contributed by atoms with Gasteiger partial charge in [0.1, 0.15) is 5.75 Å². The number of alkyl halides is 2. The van der Waals surface area contributed by atoms with Gasteiger partial charge in [-0.25, -0.2) is 9.79 Å². The summed E-state index contributed by atoms with van der Waals surface area (Å²) < 4.78 is 33.9. The molecule has 1 amide bonds. The van der Waals surface area contributed by atoms with Gasteiger partial charge >= 0.3 is 12.6 Å². The summed E-state index contributed by atoms with van der Waals surface area (Å²) in [6.45, 7) is -2.20. The predicted molar refractivity (Wildman–Crippen MR) is 102 cm³/mol. The van der Waals surface area contributed by atoms with Crippen LogP contribution in [-0.2, 0) is 14.3 Å². The fourth-order valence-electron chi connectivity index (χ4n) is 3.14.